The molecule has 4 aromatic rings. The van der Waals surface area contributed by atoms with Gasteiger partial charge in [0.05, 0.1) is 0 Å². The summed E-state index contributed by atoms with van der Waals surface area (Å²) in [5.74, 6) is 0. The fourth-order valence-corrected chi connectivity index (χ4v) is 4.00. The number of halogens is 2. The van der Waals surface area contributed by atoms with E-state index >= 15 is 0 Å². The summed E-state index contributed by atoms with van der Waals surface area (Å²) in [7, 11) is 0. The number of hydrogen-bond acceptors (Lipinski definition) is 0. The van der Waals surface area contributed by atoms with Gasteiger partial charge in [0, 0.05) is 0 Å². The fourth-order valence-electron chi connectivity index (χ4n) is 4.00. The van der Waals surface area contributed by atoms with Crippen molar-refractivity contribution in [3.63, 3.8) is 0 Å². The molecule has 0 spiro atoms. The van der Waals surface area contributed by atoms with Crippen LogP contribution in [-0.2, 0) is 39.0 Å². The molecule has 4 aromatic carbocycles. The van der Waals surface area contributed by atoms with Crippen LogP contribution in [0.3, 0.4) is 0 Å². The molecule has 0 unspecified atom stereocenters. The Morgan fingerprint density at radius 2 is 0.862 bits per heavy atom. The molecule has 0 aromatic heterocycles. The summed E-state index contributed by atoms with van der Waals surface area (Å²) in [6.07, 6.45) is 2.10. The molecule has 140 valence electrons. The summed E-state index contributed by atoms with van der Waals surface area (Å²) < 4.78 is 0. The van der Waals surface area contributed by atoms with Crippen molar-refractivity contribution in [2.24, 2.45) is 0 Å². The number of fused-ring (bicyclic) bond motifs is 6. The van der Waals surface area contributed by atoms with Crippen LogP contribution in [0.25, 0.3) is 22.3 Å². The van der Waals surface area contributed by atoms with Crippen LogP contribution in [-0.4, -0.2) is 0 Å². The molecule has 29 heavy (non-hydrogen) atoms. The maximum atomic E-state index is 3.30. The molecule has 0 aliphatic heterocycles. The average molecular weight is 460 g/mol. The quantitative estimate of drug-likeness (QED) is 0.283. The van der Waals surface area contributed by atoms with Crippen LogP contribution in [0.15, 0.2) is 84.9 Å². The van der Waals surface area contributed by atoms with E-state index in [2.05, 4.69) is 84.9 Å². The Morgan fingerprint density at radius 1 is 0.483 bits per heavy atom. The molecule has 0 heterocycles. The molecule has 3 heteroatoms. The maximum absolute atomic E-state index is 3.30. The first-order valence-corrected chi connectivity index (χ1v) is 9.06. The summed E-state index contributed by atoms with van der Waals surface area (Å²) in [5, 5.41) is 0. The van der Waals surface area contributed by atoms with Gasteiger partial charge < -0.3 is 9.41 Å². The van der Waals surface area contributed by atoms with Gasteiger partial charge in [-0.15, -0.1) is 11.1 Å². The van der Waals surface area contributed by atoms with Crippen molar-refractivity contribution in [3.8, 4) is 22.3 Å². The molecule has 0 radical (unpaired) electrons. The second kappa shape index (κ2) is 9.90. The molecule has 0 nitrogen and oxygen atoms in total. The van der Waals surface area contributed by atoms with E-state index in [0.717, 1.165) is 12.8 Å². The predicted octanol–water partition coefficient (Wildman–Crippen LogP) is 0.121. The van der Waals surface area contributed by atoms with Crippen LogP contribution >= 0.6 is 0 Å². The minimum Gasteiger partial charge on any atom is -1.00 e. The first-order valence-electron chi connectivity index (χ1n) is 9.06. The van der Waals surface area contributed by atoms with Crippen LogP contribution in [0.2, 0.25) is 0 Å². The SMILES string of the molecule is [F-].[F-].[Zr+4].[c-]1cccc2c1Cc1ccccc1-2.[c-]1cccc2c1Cc1ccccc1-2. The molecule has 0 atom stereocenters. The van der Waals surface area contributed by atoms with Gasteiger partial charge in [-0.1, -0.05) is 70.8 Å². The van der Waals surface area contributed by atoms with Gasteiger partial charge in [-0.25, -0.2) is 0 Å². The van der Waals surface area contributed by atoms with Crippen molar-refractivity contribution in [1.29, 1.82) is 0 Å². The van der Waals surface area contributed by atoms with Gasteiger partial charge in [0.15, 0.2) is 0 Å². The third kappa shape index (κ3) is 4.31. The average Bonchev–Trinajstić information content (AvgIpc) is 3.27. The van der Waals surface area contributed by atoms with E-state index in [-0.39, 0.29) is 35.6 Å². The molecule has 2 aliphatic carbocycles. The zero-order chi connectivity index (χ0) is 17.3. The number of hydrogen-bond donors (Lipinski definition) is 0. The van der Waals surface area contributed by atoms with E-state index in [4.69, 9.17) is 0 Å². The van der Waals surface area contributed by atoms with Crippen molar-refractivity contribution in [2.75, 3.05) is 0 Å². The maximum Gasteiger partial charge on any atom is 4.00 e. The zero-order valence-electron chi connectivity index (χ0n) is 15.8. The van der Waals surface area contributed by atoms with Crippen LogP contribution < -0.4 is 9.41 Å². The largest absolute Gasteiger partial charge is 4.00 e. The van der Waals surface area contributed by atoms with E-state index in [0.29, 0.717) is 0 Å². The number of rotatable bonds is 0. The molecule has 2 aliphatic rings. The van der Waals surface area contributed by atoms with E-state index in [1.54, 1.807) is 0 Å². The van der Waals surface area contributed by atoms with Gasteiger partial charge in [-0.3, -0.25) is 0 Å². The molecule has 0 fully saturated rings. The second-order valence-corrected chi connectivity index (χ2v) is 6.79. The molecular weight excluding hydrogens is 442 g/mol. The molecular formula is C26H18F2Zr. The van der Waals surface area contributed by atoms with Crippen molar-refractivity contribution in [3.05, 3.63) is 119 Å². The monoisotopic (exact) mass is 458 g/mol. The molecule has 0 amide bonds. The van der Waals surface area contributed by atoms with Crippen molar-refractivity contribution in [1.82, 2.24) is 0 Å². The number of benzene rings is 4. The molecule has 0 N–H and O–H groups in total. The van der Waals surface area contributed by atoms with Gasteiger partial charge >= 0.3 is 26.2 Å². The molecule has 6 rings (SSSR count). The third-order valence-electron chi connectivity index (χ3n) is 5.23. The standard InChI is InChI=1S/2C13H9.2FH.Zr/c2*1-3-7-12-10(5-1)9-11-6-2-4-8-13(11)12;;;/h2*1-5,7-8H,9H2;2*1H;/q2*-1;;;+4/p-2. The first-order chi connectivity index (χ1) is 12.9. The van der Waals surface area contributed by atoms with Crippen LogP contribution in [0, 0.1) is 12.1 Å². The van der Waals surface area contributed by atoms with Crippen LogP contribution in [0.4, 0.5) is 0 Å². The van der Waals surface area contributed by atoms with Gasteiger partial charge in [-0.2, -0.15) is 59.7 Å². The summed E-state index contributed by atoms with van der Waals surface area (Å²) >= 11 is 0. The fraction of sp³-hybridized carbons (Fsp3) is 0.0769. The summed E-state index contributed by atoms with van der Waals surface area (Å²) in [4.78, 5) is 0. The van der Waals surface area contributed by atoms with Crippen LogP contribution in [0.5, 0.6) is 0 Å². The zero-order valence-corrected chi connectivity index (χ0v) is 18.2. The van der Waals surface area contributed by atoms with Gasteiger partial charge in [0.1, 0.15) is 0 Å². The normalized spacial score (nSPS) is 11.0. The Morgan fingerprint density at radius 3 is 1.31 bits per heavy atom. The first kappa shape index (κ1) is 22.9. The van der Waals surface area contributed by atoms with Gasteiger partial charge in [0.2, 0.25) is 0 Å². The Balaban J connectivity index is 0.000000187. The molecule has 0 bridgehead atoms. The molecule has 0 saturated carbocycles. The smallest absolute Gasteiger partial charge is 1.00 e. The van der Waals surface area contributed by atoms with E-state index in [9.17, 15) is 0 Å². The summed E-state index contributed by atoms with van der Waals surface area (Å²) in [6, 6.07) is 36.2. The van der Waals surface area contributed by atoms with E-state index < -0.39 is 0 Å². The third-order valence-corrected chi connectivity index (χ3v) is 5.23. The summed E-state index contributed by atoms with van der Waals surface area (Å²) in [5.41, 5.74) is 11.0. The van der Waals surface area contributed by atoms with Crippen LogP contribution in [0.1, 0.15) is 22.3 Å². The topological polar surface area (TPSA) is 0 Å². The van der Waals surface area contributed by atoms with Crippen molar-refractivity contribution in [2.45, 2.75) is 12.8 Å². The van der Waals surface area contributed by atoms with Crippen molar-refractivity contribution >= 4 is 0 Å². The van der Waals surface area contributed by atoms with Crippen molar-refractivity contribution < 1.29 is 35.6 Å². The Kier molecular flexibility index (Phi) is 7.82. The predicted molar refractivity (Wildman–Crippen MR) is 107 cm³/mol. The van der Waals surface area contributed by atoms with E-state index in [1.807, 2.05) is 12.1 Å². The van der Waals surface area contributed by atoms with E-state index in [1.165, 1.54) is 44.5 Å². The Labute approximate surface area is 189 Å². The van der Waals surface area contributed by atoms with Gasteiger partial charge in [0.25, 0.3) is 0 Å². The summed E-state index contributed by atoms with van der Waals surface area (Å²) in [6.45, 7) is 0. The minimum atomic E-state index is 0. The van der Waals surface area contributed by atoms with Gasteiger partial charge in [-0.05, 0) is 12.8 Å². The Bertz CT molecular complexity index is 929. The Hall–Kier alpha value is -2.38. The second-order valence-electron chi connectivity index (χ2n) is 6.79. The molecule has 0 saturated heterocycles. The minimum absolute atomic E-state index is 0.